The standard InChI is InChI=1S/C22H21FO3/c1-2-4-15-11-18-21(26-19-6-3-5-17(19)22(18)24)12-20(15)25-13-14-7-9-16(23)10-8-14/h7-12H,2-6,13H2,1H3. The molecule has 1 aliphatic carbocycles. The van der Waals surface area contributed by atoms with Crippen LogP contribution in [0.15, 0.2) is 45.6 Å². The van der Waals surface area contributed by atoms with Crippen molar-refractivity contribution in [3.63, 3.8) is 0 Å². The molecule has 1 heterocycles. The predicted molar refractivity (Wildman–Crippen MR) is 99.2 cm³/mol. The predicted octanol–water partition coefficient (Wildman–Crippen LogP) is 4.95. The number of rotatable bonds is 5. The first-order valence-corrected chi connectivity index (χ1v) is 9.14. The first-order valence-electron chi connectivity index (χ1n) is 9.14. The lowest BCUT2D eigenvalue weighted by Crippen LogP contribution is -2.09. The molecule has 134 valence electrons. The molecule has 0 atom stereocenters. The lowest BCUT2D eigenvalue weighted by molar-refractivity contribution is 0.302. The number of fused-ring (bicyclic) bond motifs is 2. The number of halogens is 1. The summed E-state index contributed by atoms with van der Waals surface area (Å²) in [5.74, 6) is 1.28. The van der Waals surface area contributed by atoms with Crippen molar-refractivity contribution in [2.75, 3.05) is 0 Å². The first-order chi connectivity index (χ1) is 12.7. The Morgan fingerprint density at radius 3 is 2.73 bits per heavy atom. The molecule has 3 aromatic rings. The fourth-order valence-corrected chi connectivity index (χ4v) is 3.57. The minimum absolute atomic E-state index is 0.0983. The monoisotopic (exact) mass is 352 g/mol. The van der Waals surface area contributed by atoms with Gasteiger partial charge in [0.15, 0.2) is 5.43 Å². The molecule has 26 heavy (non-hydrogen) atoms. The Labute approximate surface area is 151 Å². The summed E-state index contributed by atoms with van der Waals surface area (Å²) in [4.78, 5) is 12.8. The van der Waals surface area contributed by atoms with Crippen molar-refractivity contribution in [1.29, 1.82) is 0 Å². The fourth-order valence-electron chi connectivity index (χ4n) is 3.57. The summed E-state index contributed by atoms with van der Waals surface area (Å²) in [6, 6.07) is 10.0. The van der Waals surface area contributed by atoms with Crippen molar-refractivity contribution in [3.8, 4) is 5.75 Å². The van der Waals surface area contributed by atoms with Crippen molar-refractivity contribution in [2.45, 2.75) is 45.6 Å². The second kappa shape index (κ2) is 6.94. The lowest BCUT2D eigenvalue weighted by atomic mass is 10.0. The average Bonchev–Trinajstić information content (AvgIpc) is 3.11. The molecular formula is C22H21FO3. The van der Waals surface area contributed by atoms with Crippen molar-refractivity contribution >= 4 is 11.0 Å². The average molecular weight is 352 g/mol. The van der Waals surface area contributed by atoms with Crippen LogP contribution in [0.1, 0.15) is 42.2 Å². The van der Waals surface area contributed by atoms with E-state index in [2.05, 4.69) is 6.92 Å². The largest absolute Gasteiger partial charge is 0.488 e. The van der Waals surface area contributed by atoms with Gasteiger partial charge in [-0.25, -0.2) is 4.39 Å². The molecule has 0 fully saturated rings. The number of benzene rings is 2. The van der Waals surface area contributed by atoms with E-state index in [0.29, 0.717) is 17.6 Å². The van der Waals surface area contributed by atoms with E-state index in [9.17, 15) is 9.18 Å². The zero-order chi connectivity index (χ0) is 18.1. The van der Waals surface area contributed by atoms with E-state index in [1.807, 2.05) is 12.1 Å². The quantitative estimate of drug-likeness (QED) is 0.652. The summed E-state index contributed by atoms with van der Waals surface area (Å²) >= 11 is 0. The minimum atomic E-state index is -0.262. The maximum atomic E-state index is 13.1. The van der Waals surface area contributed by atoms with Crippen molar-refractivity contribution in [2.24, 2.45) is 0 Å². The number of ether oxygens (including phenoxy) is 1. The molecule has 0 radical (unpaired) electrons. The summed E-state index contributed by atoms with van der Waals surface area (Å²) in [5, 5.41) is 0.642. The van der Waals surface area contributed by atoms with Gasteiger partial charge in [0, 0.05) is 18.1 Å². The summed E-state index contributed by atoms with van der Waals surface area (Å²) in [6.07, 6.45) is 4.38. The first kappa shape index (κ1) is 16.8. The van der Waals surface area contributed by atoms with Gasteiger partial charge in [0.05, 0.1) is 5.39 Å². The van der Waals surface area contributed by atoms with Crippen LogP contribution >= 0.6 is 0 Å². The van der Waals surface area contributed by atoms with Gasteiger partial charge in [0.25, 0.3) is 0 Å². The van der Waals surface area contributed by atoms with Gasteiger partial charge in [-0.3, -0.25) is 4.79 Å². The van der Waals surface area contributed by atoms with Gasteiger partial charge in [-0.15, -0.1) is 0 Å². The molecule has 0 N–H and O–H groups in total. The van der Waals surface area contributed by atoms with Crippen molar-refractivity contribution in [1.82, 2.24) is 0 Å². The topological polar surface area (TPSA) is 39.4 Å². The highest BCUT2D eigenvalue weighted by Gasteiger charge is 2.20. The molecule has 4 rings (SSSR count). The molecule has 0 amide bonds. The molecule has 4 heteroatoms. The molecule has 2 aromatic carbocycles. The summed E-state index contributed by atoms with van der Waals surface area (Å²) < 4.78 is 25.0. The van der Waals surface area contributed by atoms with E-state index in [1.165, 1.54) is 12.1 Å². The van der Waals surface area contributed by atoms with Gasteiger partial charge in [0.1, 0.15) is 29.5 Å². The molecule has 0 unspecified atom stereocenters. The molecule has 0 saturated heterocycles. The fraction of sp³-hybridized carbons (Fsp3) is 0.318. The van der Waals surface area contributed by atoms with Crippen LogP contribution in [-0.2, 0) is 25.9 Å². The Balaban J connectivity index is 1.72. The van der Waals surface area contributed by atoms with Crippen LogP contribution in [0.25, 0.3) is 11.0 Å². The third-order valence-electron chi connectivity index (χ3n) is 4.91. The Morgan fingerprint density at radius 1 is 1.15 bits per heavy atom. The van der Waals surface area contributed by atoms with Crippen LogP contribution < -0.4 is 10.2 Å². The molecule has 1 aliphatic rings. The third kappa shape index (κ3) is 3.12. The molecule has 0 spiro atoms. The van der Waals surface area contributed by atoms with Crippen LogP contribution in [0.2, 0.25) is 0 Å². The van der Waals surface area contributed by atoms with Gasteiger partial charge in [-0.1, -0.05) is 25.5 Å². The third-order valence-corrected chi connectivity index (χ3v) is 4.91. The summed E-state index contributed by atoms with van der Waals surface area (Å²) in [7, 11) is 0. The molecule has 3 nitrogen and oxygen atoms in total. The van der Waals surface area contributed by atoms with Gasteiger partial charge in [0.2, 0.25) is 0 Å². The number of aryl methyl sites for hydroxylation is 2. The van der Waals surface area contributed by atoms with Gasteiger partial charge in [-0.2, -0.15) is 0 Å². The second-order valence-electron chi connectivity index (χ2n) is 6.81. The van der Waals surface area contributed by atoms with Gasteiger partial charge < -0.3 is 9.15 Å². The van der Waals surface area contributed by atoms with Crippen LogP contribution in [0.4, 0.5) is 4.39 Å². The highest BCUT2D eigenvalue weighted by Crippen LogP contribution is 2.30. The zero-order valence-electron chi connectivity index (χ0n) is 14.8. The Morgan fingerprint density at radius 2 is 1.96 bits per heavy atom. The number of hydrogen-bond acceptors (Lipinski definition) is 3. The smallest absolute Gasteiger partial charge is 0.196 e. The molecule has 1 aromatic heterocycles. The van der Waals surface area contributed by atoms with Crippen LogP contribution in [0.3, 0.4) is 0 Å². The van der Waals surface area contributed by atoms with Crippen LogP contribution in [0, 0.1) is 5.82 Å². The maximum Gasteiger partial charge on any atom is 0.196 e. The van der Waals surface area contributed by atoms with E-state index in [-0.39, 0.29) is 11.2 Å². The number of hydrogen-bond donors (Lipinski definition) is 0. The normalized spacial score (nSPS) is 13.2. The Hall–Kier alpha value is -2.62. The maximum absolute atomic E-state index is 13.1. The van der Waals surface area contributed by atoms with E-state index < -0.39 is 0 Å². The summed E-state index contributed by atoms with van der Waals surface area (Å²) in [6.45, 7) is 2.44. The highest BCUT2D eigenvalue weighted by molar-refractivity contribution is 5.80. The summed E-state index contributed by atoms with van der Waals surface area (Å²) in [5.41, 5.74) is 3.42. The Kier molecular flexibility index (Phi) is 4.49. The second-order valence-corrected chi connectivity index (χ2v) is 6.81. The van der Waals surface area contributed by atoms with Gasteiger partial charge >= 0.3 is 0 Å². The van der Waals surface area contributed by atoms with Crippen LogP contribution in [0.5, 0.6) is 5.75 Å². The van der Waals surface area contributed by atoms with Crippen molar-refractivity contribution < 1.29 is 13.5 Å². The van der Waals surface area contributed by atoms with E-state index in [4.69, 9.17) is 9.15 Å². The van der Waals surface area contributed by atoms with E-state index in [0.717, 1.165) is 60.3 Å². The van der Waals surface area contributed by atoms with E-state index >= 15 is 0 Å². The zero-order valence-corrected chi connectivity index (χ0v) is 14.8. The Bertz CT molecular complexity index is 1000. The minimum Gasteiger partial charge on any atom is -0.488 e. The lowest BCUT2D eigenvalue weighted by Gasteiger charge is -2.13. The van der Waals surface area contributed by atoms with Crippen molar-refractivity contribution in [3.05, 3.63) is 74.9 Å². The molecule has 0 bridgehead atoms. The van der Waals surface area contributed by atoms with Crippen LogP contribution in [-0.4, -0.2) is 0 Å². The molecule has 0 saturated carbocycles. The molecular weight excluding hydrogens is 331 g/mol. The van der Waals surface area contributed by atoms with Gasteiger partial charge in [-0.05, 0) is 48.6 Å². The van der Waals surface area contributed by atoms with E-state index in [1.54, 1.807) is 12.1 Å². The highest BCUT2D eigenvalue weighted by atomic mass is 19.1. The SMILES string of the molecule is CCCc1cc2c(=O)c3c(oc2cc1OCc1ccc(F)cc1)CCC3. The molecule has 0 aliphatic heterocycles.